The normalized spacial score (nSPS) is 18.2. The third-order valence-corrected chi connectivity index (χ3v) is 3.40. The fourth-order valence-corrected chi connectivity index (χ4v) is 2.14. The van der Waals surface area contributed by atoms with E-state index in [0.717, 1.165) is 5.69 Å². The summed E-state index contributed by atoms with van der Waals surface area (Å²) < 4.78 is 10.5. The molecule has 1 aromatic carbocycles. The van der Waals surface area contributed by atoms with E-state index in [1.165, 1.54) is 0 Å². The SMILES string of the molecule is COc1cc(OC)c2c(c1)C(=O)NC(C(C)C)CN2. The second-order valence-corrected chi connectivity index (χ2v) is 4.96. The maximum absolute atomic E-state index is 12.3. The fraction of sp³-hybridized carbons (Fsp3) is 0.500. The predicted molar refractivity (Wildman–Crippen MR) is 74.1 cm³/mol. The van der Waals surface area contributed by atoms with Gasteiger partial charge in [0.15, 0.2) is 0 Å². The molecule has 0 bridgehead atoms. The quantitative estimate of drug-likeness (QED) is 0.875. The highest BCUT2D eigenvalue weighted by Crippen LogP contribution is 2.34. The minimum atomic E-state index is -0.101. The molecule has 0 saturated heterocycles. The number of nitrogens with one attached hydrogen (secondary N) is 2. The van der Waals surface area contributed by atoms with Crippen LogP contribution in [0.25, 0.3) is 0 Å². The van der Waals surface area contributed by atoms with E-state index in [1.807, 2.05) is 0 Å². The average Bonchev–Trinajstić information content (AvgIpc) is 2.57. The molecule has 0 saturated carbocycles. The van der Waals surface area contributed by atoms with Crippen LogP contribution in [0.2, 0.25) is 0 Å². The van der Waals surface area contributed by atoms with Crippen molar-refractivity contribution in [1.29, 1.82) is 0 Å². The van der Waals surface area contributed by atoms with E-state index in [1.54, 1.807) is 26.4 Å². The van der Waals surface area contributed by atoms with Gasteiger partial charge >= 0.3 is 0 Å². The molecular weight excluding hydrogens is 244 g/mol. The molecule has 5 nitrogen and oxygen atoms in total. The molecule has 2 rings (SSSR count). The van der Waals surface area contributed by atoms with Gasteiger partial charge in [0, 0.05) is 18.7 Å². The standard InChI is InChI=1S/C14H20N2O3/c1-8(2)11-7-15-13-10(14(17)16-11)5-9(18-3)6-12(13)19-4/h5-6,8,11,15H,7H2,1-4H3,(H,16,17). The van der Waals surface area contributed by atoms with E-state index in [4.69, 9.17) is 9.47 Å². The lowest BCUT2D eigenvalue weighted by Gasteiger charge is -2.19. The smallest absolute Gasteiger partial charge is 0.253 e. The Morgan fingerprint density at radius 3 is 2.58 bits per heavy atom. The number of amides is 1. The molecular formula is C14H20N2O3. The number of anilines is 1. The van der Waals surface area contributed by atoms with Gasteiger partial charge in [0.25, 0.3) is 5.91 Å². The number of carbonyl (C=O) groups is 1. The van der Waals surface area contributed by atoms with Crippen LogP contribution in [0.3, 0.4) is 0 Å². The molecule has 0 fully saturated rings. The molecule has 0 spiro atoms. The van der Waals surface area contributed by atoms with Crippen molar-refractivity contribution < 1.29 is 14.3 Å². The Kier molecular flexibility index (Phi) is 3.83. The van der Waals surface area contributed by atoms with Crippen LogP contribution in [0.15, 0.2) is 12.1 Å². The van der Waals surface area contributed by atoms with Crippen LogP contribution >= 0.6 is 0 Å². The highest BCUT2D eigenvalue weighted by molar-refractivity contribution is 6.02. The second kappa shape index (κ2) is 5.38. The van der Waals surface area contributed by atoms with Crippen LogP contribution in [0, 0.1) is 5.92 Å². The van der Waals surface area contributed by atoms with Crippen LogP contribution in [-0.4, -0.2) is 32.7 Å². The van der Waals surface area contributed by atoms with Crippen molar-refractivity contribution in [3.63, 3.8) is 0 Å². The number of rotatable bonds is 3. The van der Waals surface area contributed by atoms with Gasteiger partial charge < -0.3 is 20.1 Å². The van der Waals surface area contributed by atoms with Crippen LogP contribution in [0.1, 0.15) is 24.2 Å². The highest BCUT2D eigenvalue weighted by Gasteiger charge is 2.26. The van der Waals surface area contributed by atoms with E-state index >= 15 is 0 Å². The van der Waals surface area contributed by atoms with Gasteiger partial charge in [-0.25, -0.2) is 0 Å². The Morgan fingerprint density at radius 2 is 2.00 bits per heavy atom. The van der Waals surface area contributed by atoms with Gasteiger partial charge in [0.2, 0.25) is 0 Å². The van der Waals surface area contributed by atoms with Crippen molar-refractivity contribution in [2.24, 2.45) is 5.92 Å². The molecule has 1 aliphatic rings. The van der Waals surface area contributed by atoms with E-state index in [0.29, 0.717) is 29.5 Å². The van der Waals surface area contributed by atoms with Crippen molar-refractivity contribution >= 4 is 11.6 Å². The van der Waals surface area contributed by atoms with E-state index in [2.05, 4.69) is 24.5 Å². The topological polar surface area (TPSA) is 59.6 Å². The fourth-order valence-electron chi connectivity index (χ4n) is 2.14. The van der Waals surface area contributed by atoms with Gasteiger partial charge in [-0.2, -0.15) is 0 Å². The first-order valence-electron chi connectivity index (χ1n) is 6.37. The van der Waals surface area contributed by atoms with Gasteiger partial charge in [0.05, 0.1) is 25.5 Å². The molecule has 0 aromatic heterocycles. The summed E-state index contributed by atoms with van der Waals surface area (Å²) in [6.07, 6.45) is 0. The molecule has 1 amide bonds. The Hall–Kier alpha value is -1.91. The van der Waals surface area contributed by atoms with Gasteiger partial charge in [-0.05, 0) is 12.0 Å². The summed E-state index contributed by atoms with van der Waals surface area (Å²) in [4.78, 5) is 12.3. The number of fused-ring (bicyclic) bond motifs is 1. The summed E-state index contributed by atoms with van der Waals surface area (Å²) in [5, 5.41) is 6.32. The Labute approximate surface area is 113 Å². The Morgan fingerprint density at radius 1 is 1.26 bits per heavy atom. The van der Waals surface area contributed by atoms with Crippen LogP contribution in [0.5, 0.6) is 11.5 Å². The molecule has 0 radical (unpaired) electrons. The molecule has 19 heavy (non-hydrogen) atoms. The molecule has 1 aromatic rings. The minimum Gasteiger partial charge on any atom is -0.497 e. The average molecular weight is 264 g/mol. The zero-order valence-electron chi connectivity index (χ0n) is 11.7. The summed E-state index contributed by atoms with van der Waals surface area (Å²) in [6, 6.07) is 3.59. The zero-order valence-corrected chi connectivity index (χ0v) is 11.7. The Bertz CT molecular complexity index is 486. The lowest BCUT2D eigenvalue weighted by molar-refractivity contribution is 0.0932. The second-order valence-electron chi connectivity index (χ2n) is 4.96. The van der Waals surface area contributed by atoms with Gasteiger partial charge in [-0.15, -0.1) is 0 Å². The maximum atomic E-state index is 12.3. The third kappa shape index (κ3) is 2.59. The van der Waals surface area contributed by atoms with Gasteiger partial charge in [-0.1, -0.05) is 13.8 Å². The molecule has 1 atom stereocenters. The summed E-state index contributed by atoms with van der Waals surface area (Å²) >= 11 is 0. The lowest BCUT2D eigenvalue weighted by Crippen LogP contribution is -2.40. The number of hydrogen-bond acceptors (Lipinski definition) is 4. The van der Waals surface area contributed by atoms with Crippen LogP contribution < -0.4 is 20.1 Å². The molecule has 1 aliphatic heterocycles. The number of benzene rings is 1. The first-order valence-corrected chi connectivity index (χ1v) is 6.37. The van der Waals surface area contributed by atoms with Crippen molar-refractivity contribution in [1.82, 2.24) is 5.32 Å². The van der Waals surface area contributed by atoms with Crippen molar-refractivity contribution in [2.75, 3.05) is 26.1 Å². The number of hydrogen-bond donors (Lipinski definition) is 2. The predicted octanol–water partition coefficient (Wildman–Crippen LogP) is 1.88. The van der Waals surface area contributed by atoms with Gasteiger partial charge in [-0.3, -0.25) is 4.79 Å². The Balaban J connectivity index is 2.44. The molecule has 0 aliphatic carbocycles. The molecule has 104 valence electrons. The lowest BCUT2D eigenvalue weighted by atomic mass is 10.0. The number of methoxy groups -OCH3 is 2. The van der Waals surface area contributed by atoms with Crippen molar-refractivity contribution in [3.8, 4) is 11.5 Å². The maximum Gasteiger partial charge on any atom is 0.253 e. The molecule has 5 heteroatoms. The van der Waals surface area contributed by atoms with Crippen molar-refractivity contribution in [2.45, 2.75) is 19.9 Å². The van der Waals surface area contributed by atoms with E-state index in [9.17, 15) is 4.79 Å². The van der Waals surface area contributed by atoms with Gasteiger partial charge in [0.1, 0.15) is 11.5 Å². The summed E-state index contributed by atoms with van der Waals surface area (Å²) in [7, 11) is 3.15. The monoisotopic (exact) mass is 264 g/mol. The highest BCUT2D eigenvalue weighted by atomic mass is 16.5. The zero-order chi connectivity index (χ0) is 14.0. The van der Waals surface area contributed by atoms with Crippen molar-refractivity contribution in [3.05, 3.63) is 17.7 Å². The summed E-state index contributed by atoms with van der Waals surface area (Å²) in [6.45, 7) is 4.85. The minimum absolute atomic E-state index is 0.0931. The first kappa shape index (κ1) is 13.5. The number of carbonyl (C=O) groups excluding carboxylic acids is 1. The van der Waals surface area contributed by atoms with Crippen LogP contribution in [-0.2, 0) is 0 Å². The largest absolute Gasteiger partial charge is 0.497 e. The third-order valence-electron chi connectivity index (χ3n) is 3.40. The first-order chi connectivity index (χ1) is 9.06. The van der Waals surface area contributed by atoms with E-state index < -0.39 is 0 Å². The molecule has 1 heterocycles. The number of ether oxygens (including phenoxy) is 2. The molecule has 1 unspecified atom stereocenters. The summed E-state index contributed by atoms with van der Waals surface area (Å²) in [5.41, 5.74) is 1.28. The molecule has 2 N–H and O–H groups in total. The van der Waals surface area contributed by atoms with Crippen LogP contribution in [0.4, 0.5) is 5.69 Å². The van der Waals surface area contributed by atoms with E-state index in [-0.39, 0.29) is 11.9 Å². The summed E-state index contributed by atoms with van der Waals surface area (Å²) in [5.74, 6) is 1.49.